The SMILES string of the molecule is COc1ccc(C2(C(=O)N3CCC(n4c(C)cnc4C4CCOCC4)CC3)CC2)cc1. The zero-order chi connectivity index (χ0) is 21.4. The van der Waals surface area contributed by atoms with Gasteiger partial charge in [-0.2, -0.15) is 0 Å². The van der Waals surface area contributed by atoms with Crippen molar-refractivity contribution in [2.45, 2.75) is 62.8 Å². The summed E-state index contributed by atoms with van der Waals surface area (Å²) in [5.74, 6) is 2.86. The first-order valence-electron chi connectivity index (χ1n) is 11.7. The van der Waals surface area contributed by atoms with Gasteiger partial charge < -0.3 is 18.9 Å². The molecule has 0 radical (unpaired) electrons. The number of hydrogen-bond acceptors (Lipinski definition) is 4. The van der Waals surface area contributed by atoms with Crippen LogP contribution in [0.15, 0.2) is 30.5 Å². The monoisotopic (exact) mass is 423 g/mol. The highest BCUT2D eigenvalue weighted by atomic mass is 16.5. The summed E-state index contributed by atoms with van der Waals surface area (Å²) in [5.41, 5.74) is 2.06. The number of hydrogen-bond donors (Lipinski definition) is 0. The molecule has 6 nitrogen and oxygen atoms in total. The fourth-order valence-electron chi connectivity index (χ4n) is 5.49. The van der Waals surface area contributed by atoms with E-state index >= 15 is 0 Å². The van der Waals surface area contributed by atoms with Gasteiger partial charge in [-0.25, -0.2) is 4.98 Å². The lowest BCUT2D eigenvalue weighted by atomic mass is 9.92. The van der Waals surface area contributed by atoms with Gasteiger partial charge in [-0.3, -0.25) is 4.79 Å². The quantitative estimate of drug-likeness (QED) is 0.730. The van der Waals surface area contributed by atoms with E-state index in [0.29, 0.717) is 17.9 Å². The fraction of sp³-hybridized carbons (Fsp3) is 0.600. The second-order valence-electron chi connectivity index (χ2n) is 9.35. The predicted octanol–water partition coefficient (Wildman–Crippen LogP) is 3.99. The number of carbonyl (C=O) groups excluding carboxylic acids is 1. The maximum Gasteiger partial charge on any atom is 0.233 e. The smallest absolute Gasteiger partial charge is 0.233 e. The van der Waals surface area contributed by atoms with Crippen molar-refractivity contribution in [3.05, 3.63) is 47.5 Å². The Morgan fingerprint density at radius 1 is 1.10 bits per heavy atom. The molecule has 166 valence electrons. The Kier molecular flexibility index (Phi) is 5.51. The van der Waals surface area contributed by atoms with Crippen molar-refractivity contribution in [3.8, 4) is 5.75 Å². The van der Waals surface area contributed by atoms with E-state index in [4.69, 9.17) is 14.5 Å². The van der Waals surface area contributed by atoms with Crippen LogP contribution in [0.25, 0.3) is 0 Å². The van der Waals surface area contributed by atoms with Gasteiger partial charge in [0.05, 0.1) is 12.5 Å². The van der Waals surface area contributed by atoms with Crippen molar-refractivity contribution in [1.82, 2.24) is 14.5 Å². The Labute approximate surface area is 184 Å². The fourth-order valence-corrected chi connectivity index (χ4v) is 5.49. The van der Waals surface area contributed by atoms with Gasteiger partial charge in [0.2, 0.25) is 5.91 Å². The highest BCUT2D eigenvalue weighted by Crippen LogP contribution is 2.50. The molecule has 0 spiro atoms. The maximum atomic E-state index is 13.5. The van der Waals surface area contributed by atoms with Crippen LogP contribution >= 0.6 is 0 Å². The molecule has 1 aliphatic carbocycles. The third-order valence-electron chi connectivity index (χ3n) is 7.52. The van der Waals surface area contributed by atoms with Crippen LogP contribution in [0.3, 0.4) is 0 Å². The number of aromatic nitrogens is 2. The van der Waals surface area contributed by atoms with E-state index in [2.05, 4.69) is 28.5 Å². The van der Waals surface area contributed by atoms with Crippen LogP contribution in [-0.4, -0.2) is 53.8 Å². The van der Waals surface area contributed by atoms with E-state index < -0.39 is 0 Å². The standard InChI is InChI=1S/C25H33N3O3/c1-18-17-26-23(19-9-15-31-16-10-19)28(18)21-7-13-27(14-8-21)24(29)25(11-12-25)20-3-5-22(30-2)6-4-20/h3-6,17,19,21H,7-16H2,1-2H3. The Bertz CT molecular complexity index is 918. The Morgan fingerprint density at radius 2 is 1.77 bits per heavy atom. The normalized spacial score (nSPS) is 21.8. The lowest BCUT2D eigenvalue weighted by molar-refractivity contribution is -0.135. The molecule has 6 heteroatoms. The van der Waals surface area contributed by atoms with Gasteiger partial charge in [0.1, 0.15) is 11.6 Å². The van der Waals surface area contributed by atoms with E-state index in [0.717, 1.165) is 76.1 Å². The average molecular weight is 424 g/mol. The molecule has 0 atom stereocenters. The lowest BCUT2D eigenvalue weighted by Gasteiger charge is -2.37. The molecule has 1 aromatic carbocycles. The number of amides is 1. The molecule has 5 rings (SSSR count). The molecule has 2 aromatic rings. The maximum absolute atomic E-state index is 13.5. The van der Waals surface area contributed by atoms with Crippen LogP contribution in [0.5, 0.6) is 5.75 Å². The molecule has 0 unspecified atom stereocenters. The molecule has 1 saturated carbocycles. The van der Waals surface area contributed by atoms with Gasteiger partial charge in [-0.15, -0.1) is 0 Å². The summed E-state index contributed by atoms with van der Waals surface area (Å²) < 4.78 is 13.3. The van der Waals surface area contributed by atoms with Crippen LogP contribution in [-0.2, 0) is 14.9 Å². The number of imidazole rings is 1. The molecular weight excluding hydrogens is 390 g/mol. The zero-order valence-electron chi connectivity index (χ0n) is 18.7. The number of ether oxygens (including phenoxy) is 2. The minimum Gasteiger partial charge on any atom is -0.497 e. The van der Waals surface area contributed by atoms with Gasteiger partial charge in [0.25, 0.3) is 0 Å². The second kappa shape index (κ2) is 8.30. The average Bonchev–Trinajstić information content (AvgIpc) is 3.55. The predicted molar refractivity (Wildman–Crippen MR) is 119 cm³/mol. The molecule has 3 heterocycles. The van der Waals surface area contributed by atoms with Crippen LogP contribution in [0.4, 0.5) is 0 Å². The summed E-state index contributed by atoms with van der Waals surface area (Å²) in [6.07, 6.45) is 8.02. The number of rotatable bonds is 5. The first-order valence-corrected chi connectivity index (χ1v) is 11.7. The molecule has 0 N–H and O–H groups in total. The highest BCUT2D eigenvalue weighted by molar-refractivity contribution is 5.91. The van der Waals surface area contributed by atoms with Gasteiger partial charge in [0.15, 0.2) is 0 Å². The summed E-state index contributed by atoms with van der Waals surface area (Å²) in [6, 6.07) is 8.49. The first kappa shape index (κ1) is 20.6. The molecule has 0 bridgehead atoms. The third-order valence-corrected chi connectivity index (χ3v) is 7.52. The van der Waals surface area contributed by atoms with Crippen molar-refractivity contribution in [2.24, 2.45) is 0 Å². The number of aryl methyl sites for hydroxylation is 1. The number of piperidine rings is 1. The molecule has 3 fully saturated rings. The van der Waals surface area contributed by atoms with E-state index in [1.165, 1.54) is 11.5 Å². The van der Waals surface area contributed by atoms with E-state index in [1.807, 2.05) is 18.3 Å². The summed E-state index contributed by atoms with van der Waals surface area (Å²) in [4.78, 5) is 20.4. The summed E-state index contributed by atoms with van der Waals surface area (Å²) in [5, 5.41) is 0. The van der Waals surface area contributed by atoms with Crippen LogP contribution < -0.4 is 4.74 Å². The number of likely N-dealkylation sites (tertiary alicyclic amines) is 1. The van der Waals surface area contributed by atoms with E-state index in [1.54, 1.807) is 7.11 Å². The second-order valence-corrected chi connectivity index (χ2v) is 9.35. The van der Waals surface area contributed by atoms with Crippen molar-refractivity contribution < 1.29 is 14.3 Å². The highest BCUT2D eigenvalue weighted by Gasteiger charge is 2.53. The van der Waals surface area contributed by atoms with Crippen molar-refractivity contribution in [1.29, 1.82) is 0 Å². The minimum absolute atomic E-state index is 0.308. The van der Waals surface area contributed by atoms with Crippen LogP contribution in [0, 0.1) is 6.92 Å². The number of nitrogens with zero attached hydrogens (tertiary/aromatic N) is 3. The van der Waals surface area contributed by atoms with Crippen molar-refractivity contribution >= 4 is 5.91 Å². The van der Waals surface area contributed by atoms with E-state index in [9.17, 15) is 4.79 Å². The van der Waals surface area contributed by atoms with Crippen molar-refractivity contribution in [3.63, 3.8) is 0 Å². The largest absolute Gasteiger partial charge is 0.497 e. The van der Waals surface area contributed by atoms with Gasteiger partial charge in [0, 0.05) is 50.2 Å². The Hall–Kier alpha value is -2.34. The molecule has 1 aromatic heterocycles. The first-order chi connectivity index (χ1) is 15.1. The number of carbonyl (C=O) groups is 1. The minimum atomic E-state index is -0.308. The third kappa shape index (κ3) is 3.75. The van der Waals surface area contributed by atoms with Crippen LogP contribution in [0.2, 0.25) is 0 Å². The van der Waals surface area contributed by atoms with E-state index in [-0.39, 0.29) is 5.41 Å². The van der Waals surface area contributed by atoms with Crippen LogP contribution in [0.1, 0.15) is 67.6 Å². The Morgan fingerprint density at radius 3 is 2.39 bits per heavy atom. The number of benzene rings is 1. The molecule has 2 aliphatic heterocycles. The summed E-state index contributed by atoms with van der Waals surface area (Å²) in [7, 11) is 1.67. The molecular formula is C25H33N3O3. The Balaban J connectivity index is 1.27. The van der Waals surface area contributed by atoms with Crippen molar-refractivity contribution in [2.75, 3.05) is 33.4 Å². The zero-order valence-corrected chi connectivity index (χ0v) is 18.7. The summed E-state index contributed by atoms with van der Waals surface area (Å²) in [6.45, 7) is 5.47. The van der Waals surface area contributed by atoms with Gasteiger partial charge >= 0.3 is 0 Å². The lowest BCUT2D eigenvalue weighted by Crippen LogP contribution is -2.44. The molecule has 2 saturated heterocycles. The molecule has 3 aliphatic rings. The molecule has 31 heavy (non-hydrogen) atoms. The summed E-state index contributed by atoms with van der Waals surface area (Å²) >= 11 is 0. The molecule has 1 amide bonds. The van der Waals surface area contributed by atoms with Gasteiger partial charge in [-0.1, -0.05) is 12.1 Å². The number of methoxy groups -OCH3 is 1. The van der Waals surface area contributed by atoms with Gasteiger partial charge in [-0.05, 0) is 63.1 Å². The topological polar surface area (TPSA) is 56.6 Å².